The van der Waals surface area contributed by atoms with Crippen molar-refractivity contribution in [3.05, 3.63) is 21.3 Å². The van der Waals surface area contributed by atoms with Crippen LogP contribution in [0.1, 0.15) is 55.1 Å². The molecule has 1 amide bonds. The van der Waals surface area contributed by atoms with Crippen LogP contribution in [0.25, 0.3) is 0 Å². The van der Waals surface area contributed by atoms with Gasteiger partial charge in [0.15, 0.2) is 12.4 Å². The van der Waals surface area contributed by atoms with Gasteiger partial charge in [0.25, 0.3) is 5.91 Å². The summed E-state index contributed by atoms with van der Waals surface area (Å²) in [5.41, 5.74) is 0. The molecule has 5 nitrogen and oxygen atoms in total. The number of rotatable bonds is 8. The maximum Gasteiger partial charge on any atom is 0.306 e. The normalized spacial score (nSPS) is 25.1. The third-order valence-electron chi connectivity index (χ3n) is 5.59. The van der Waals surface area contributed by atoms with Gasteiger partial charge in [0, 0.05) is 12.5 Å². The third kappa shape index (κ3) is 4.86. The Morgan fingerprint density at radius 3 is 2.69 bits per heavy atom. The number of esters is 1. The summed E-state index contributed by atoms with van der Waals surface area (Å²) in [4.78, 5) is 36.2. The molecule has 0 saturated heterocycles. The lowest BCUT2D eigenvalue weighted by atomic mass is 9.84. The summed E-state index contributed by atoms with van der Waals surface area (Å²) >= 11 is 6.98. The van der Waals surface area contributed by atoms with E-state index in [2.05, 4.69) is 5.32 Å². The fourth-order valence-electron chi connectivity index (χ4n) is 4.33. The number of fused-ring (bicyclic) bond motifs is 2. The number of Topliss-reactive ketones (excluding diaryl/α,β-unsaturated/α-hetero) is 1. The molecule has 142 valence electrons. The fraction of sp³-hybridized carbons (Fsp3) is 0.632. The van der Waals surface area contributed by atoms with Crippen molar-refractivity contribution in [3.63, 3.8) is 0 Å². The summed E-state index contributed by atoms with van der Waals surface area (Å²) < 4.78 is 5.53. The second-order valence-corrected chi connectivity index (χ2v) is 9.10. The first kappa shape index (κ1) is 19.4. The number of ketones is 1. The highest BCUT2D eigenvalue weighted by atomic mass is 35.5. The monoisotopic (exact) mass is 397 g/mol. The molecule has 2 fully saturated rings. The van der Waals surface area contributed by atoms with Crippen LogP contribution in [0.3, 0.4) is 0 Å². The van der Waals surface area contributed by atoms with E-state index in [1.807, 2.05) is 6.92 Å². The van der Waals surface area contributed by atoms with E-state index < -0.39 is 5.97 Å². The van der Waals surface area contributed by atoms with Crippen LogP contribution in [0.2, 0.25) is 4.34 Å². The molecular weight excluding hydrogens is 374 g/mol. The van der Waals surface area contributed by atoms with Crippen molar-refractivity contribution in [1.29, 1.82) is 0 Å². The van der Waals surface area contributed by atoms with Crippen molar-refractivity contribution in [1.82, 2.24) is 5.32 Å². The lowest BCUT2D eigenvalue weighted by Gasteiger charge is -2.28. The smallest absolute Gasteiger partial charge is 0.306 e. The van der Waals surface area contributed by atoms with Crippen molar-refractivity contribution in [2.45, 2.75) is 51.5 Å². The van der Waals surface area contributed by atoms with Crippen LogP contribution >= 0.6 is 22.9 Å². The lowest BCUT2D eigenvalue weighted by molar-refractivity contribution is -0.148. The second-order valence-electron chi connectivity index (χ2n) is 7.38. The van der Waals surface area contributed by atoms with E-state index in [-0.39, 0.29) is 37.2 Å². The lowest BCUT2D eigenvalue weighted by Crippen LogP contribution is -2.42. The van der Waals surface area contributed by atoms with E-state index in [1.54, 1.807) is 12.1 Å². The van der Waals surface area contributed by atoms with Crippen molar-refractivity contribution >= 4 is 40.6 Å². The molecule has 7 heteroatoms. The molecule has 2 bridgehead atoms. The minimum atomic E-state index is -0.538. The van der Waals surface area contributed by atoms with Gasteiger partial charge in [0.1, 0.15) is 0 Å². The highest BCUT2D eigenvalue weighted by molar-refractivity contribution is 7.18. The summed E-state index contributed by atoms with van der Waals surface area (Å²) in [5.74, 6) is 1.15. The highest BCUT2D eigenvalue weighted by Crippen LogP contribution is 2.49. The van der Waals surface area contributed by atoms with E-state index in [4.69, 9.17) is 16.3 Å². The summed E-state index contributed by atoms with van der Waals surface area (Å²) in [5, 5.41) is 2.96. The number of thiophene rings is 1. The van der Waals surface area contributed by atoms with Gasteiger partial charge in [-0.3, -0.25) is 14.4 Å². The number of carbonyl (C=O) groups excluding carboxylic acids is 3. The zero-order valence-electron chi connectivity index (χ0n) is 14.8. The first-order valence-electron chi connectivity index (χ1n) is 9.16. The quantitative estimate of drug-likeness (QED) is 0.534. The molecular formula is C19H24ClNO4S. The number of halogens is 1. The number of amides is 1. The van der Waals surface area contributed by atoms with E-state index in [9.17, 15) is 14.4 Å². The number of nitrogens with one attached hydrogen (secondary N) is 1. The molecule has 26 heavy (non-hydrogen) atoms. The van der Waals surface area contributed by atoms with Crippen LogP contribution in [0, 0.1) is 17.8 Å². The van der Waals surface area contributed by atoms with E-state index in [0.29, 0.717) is 15.1 Å². The van der Waals surface area contributed by atoms with Gasteiger partial charge in [-0.2, -0.15) is 0 Å². The molecule has 0 aromatic carbocycles. The van der Waals surface area contributed by atoms with Gasteiger partial charge in [-0.25, -0.2) is 0 Å². The van der Waals surface area contributed by atoms with Crippen molar-refractivity contribution < 1.29 is 19.1 Å². The van der Waals surface area contributed by atoms with Crippen LogP contribution in [0.5, 0.6) is 0 Å². The third-order valence-corrected chi connectivity index (χ3v) is 6.86. The molecule has 2 aliphatic carbocycles. The van der Waals surface area contributed by atoms with E-state index in [0.717, 1.165) is 11.8 Å². The Bertz CT molecular complexity index is 689. The summed E-state index contributed by atoms with van der Waals surface area (Å²) in [6.45, 7) is 1.75. The molecule has 1 aromatic heterocycles. The predicted molar refractivity (Wildman–Crippen MR) is 100 cm³/mol. The van der Waals surface area contributed by atoms with E-state index in [1.165, 1.54) is 37.0 Å². The Labute approximate surface area is 162 Å². The highest BCUT2D eigenvalue weighted by Gasteiger charge is 2.42. The van der Waals surface area contributed by atoms with E-state index >= 15 is 0 Å². The summed E-state index contributed by atoms with van der Waals surface area (Å²) in [6.07, 6.45) is 5.11. The predicted octanol–water partition coefficient (Wildman–Crippen LogP) is 3.85. The standard InChI is InChI=1S/C19H24ClNO4S/c1-11(14-9-12-2-3-13(14)8-12)21-18(23)10-25-19(24)7-4-15(22)16-5-6-17(20)26-16/h5-6,11-14H,2-4,7-10H2,1H3,(H,21,23)/t11-,12-,13-,14-/m1/s1. The Morgan fingerprint density at radius 2 is 2.08 bits per heavy atom. The van der Waals surface area contributed by atoms with Gasteiger partial charge >= 0.3 is 5.97 Å². The van der Waals surface area contributed by atoms with Crippen LogP contribution in [0.4, 0.5) is 0 Å². The average Bonchev–Trinajstić information content (AvgIpc) is 3.34. The van der Waals surface area contributed by atoms with Crippen molar-refractivity contribution in [2.75, 3.05) is 6.61 Å². The Morgan fingerprint density at radius 1 is 1.27 bits per heavy atom. The maximum atomic E-state index is 12.0. The van der Waals surface area contributed by atoms with Crippen molar-refractivity contribution in [3.8, 4) is 0 Å². The van der Waals surface area contributed by atoms with Gasteiger partial charge < -0.3 is 10.1 Å². The first-order valence-corrected chi connectivity index (χ1v) is 10.4. The van der Waals surface area contributed by atoms with Crippen LogP contribution in [-0.2, 0) is 14.3 Å². The van der Waals surface area contributed by atoms with Crippen molar-refractivity contribution in [2.24, 2.45) is 17.8 Å². The minimum Gasteiger partial charge on any atom is -0.456 e. The molecule has 0 unspecified atom stereocenters. The molecule has 0 aliphatic heterocycles. The molecule has 2 aliphatic rings. The number of hydrogen-bond donors (Lipinski definition) is 1. The molecule has 3 rings (SSSR count). The topological polar surface area (TPSA) is 72.5 Å². The number of hydrogen-bond acceptors (Lipinski definition) is 5. The van der Waals surface area contributed by atoms with Gasteiger partial charge in [-0.15, -0.1) is 11.3 Å². The zero-order valence-corrected chi connectivity index (χ0v) is 16.4. The Balaban J connectivity index is 1.33. The molecule has 0 spiro atoms. The average molecular weight is 398 g/mol. The summed E-state index contributed by atoms with van der Waals surface area (Å²) in [6, 6.07) is 3.41. The van der Waals surface area contributed by atoms with Crippen LogP contribution in [0.15, 0.2) is 12.1 Å². The second kappa shape index (κ2) is 8.53. The van der Waals surface area contributed by atoms with Gasteiger partial charge in [-0.05, 0) is 56.1 Å². The molecule has 2 saturated carbocycles. The minimum absolute atomic E-state index is 0.0381. The summed E-state index contributed by atoms with van der Waals surface area (Å²) in [7, 11) is 0. The largest absolute Gasteiger partial charge is 0.456 e. The number of ether oxygens (including phenoxy) is 1. The Hall–Kier alpha value is -1.40. The molecule has 1 aromatic rings. The maximum absolute atomic E-state index is 12.0. The van der Waals surface area contributed by atoms with Crippen LogP contribution < -0.4 is 5.32 Å². The molecule has 0 radical (unpaired) electrons. The zero-order chi connectivity index (χ0) is 18.7. The van der Waals surface area contributed by atoms with Crippen LogP contribution in [-0.4, -0.2) is 30.3 Å². The molecule has 1 heterocycles. The van der Waals surface area contributed by atoms with Gasteiger partial charge in [-0.1, -0.05) is 18.0 Å². The van der Waals surface area contributed by atoms with Gasteiger partial charge in [0.05, 0.1) is 15.6 Å². The molecule has 1 N–H and O–H groups in total. The number of carbonyl (C=O) groups is 3. The fourth-order valence-corrected chi connectivity index (χ4v) is 5.34. The van der Waals surface area contributed by atoms with Gasteiger partial charge in [0.2, 0.25) is 0 Å². The SMILES string of the molecule is C[C@@H](NC(=O)COC(=O)CCC(=O)c1ccc(Cl)s1)[C@H]1C[C@@H]2CC[C@@H]1C2. The first-order chi connectivity index (χ1) is 12.4. The Kier molecular flexibility index (Phi) is 6.35. The molecule has 4 atom stereocenters.